The molecule has 4 aliphatic rings. The number of nitrogens with zero attached hydrogens (tertiary/aromatic N) is 3. The highest BCUT2D eigenvalue weighted by molar-refractivity contribution is 5.96. The number of carbonyl (C=O) groups excluding carboxylic acids is 2. The van der Waals surface area contributed by atoms with Gasteiger partial charge in [0.15, 0.2) is 0 Å². The Hall–Kier alpha value is -3.46. The molecule has 1 aliphatic carbocycles. The van der Waals surface area contributed by atoms with Gasteiger partial charge in [-0.15, -0.1) is 0 Å². The number of piperidine rings is 1. The van der Waals surface area contributed by atoms with Crippen LogP contribution >= 0.6 is 0 Å². The first-order valence-corrected chi connectivity index (χ1v) is 15.1. The highest BCUT2D eigenvalue weighted by Gasteiger charge is 2.28. The molecule has 1 atom stereocenters. The molecule has 41 heavy (non-hydrogen) atoms. The van der Waals surface area contributed by atoms with E-state index in [1.165, 1.54) is 31.4 Å². The van der Waals surface area contributed by atoms with E-state index in [1.54, 1.807) is 11.0 Å². The van der Waals surface area contributed by atoms with Crippen molar-refractivity contribution in [2.45, 2.75) is 69.5 Å². The van der Waals surface area contributed by atoms with Gasteiger partial charge in [0.25, 0.3) is 5.91 Å². The van der Waals surface area contributed by atoms with Crippen molar-refractivity contribution in [3.05, 3.63) is 53.3 Å². The quantitative estimate of drug-likeness (QED) is 0.528. The van der Waals surface area contributed by atoms with Gasteiger partial charge in [-0.2, -0.15) is 0 Å². The van der Waals surface area contributed by atoms with Crippen LogP contribution in [0, 0.1) is 5.82 Å². The van der Waals surface area contributed by atoms with E-state index < -0.39 is 5.82 Å². The van der Waals surface area contributed by atoms with Gasteiger partial charge < -0.3 is 24.6 Å². The fourth-order valence-electron chi connectivity index (χ4n) is 6.45. The van der Waals surface area contributed by atoms with Gasteiger partial charge in [0.2, 0.25) is 5.91 Å². The third kappa shape index (κ3) is 6.56. The molecule has 1 N–H and O–H groups in total. The maximum Gasteiger partial charge on any atom is 0.253 e. The van der Waals surface area contributed by atoms with Crippen molar-refractivity contribution in [2.24, 2.45) is 4.99 Å². The van der Waals surface area contributed by atoms with E-state index in [9.17, 15) is 14.0 Å². The number of anilines is 1. The Labute approximate surface area is 240 Å². The maximum atomic E-state index is 14.4. The van der Waals surface area contributed by atoms with Gasteiger partial charge in [-0.05, 0) is 48.6 Å². The van der Waals surface area contributed by atoms with Gasteiger partial charge in [-0.3, -0.25) is 14.6 Å². The second-order valence-corrected chi connectivity index (χ2v) is 11.6. The van der Waals surface area contributed by atoms with E-state index in [1.807, 2.05) is 23.2 Å². The predicted octanol–water partition coefficient (Wildman–Crippen LogP) is 4.72. The minimum absolute atomic E-state index is 0.0292. The average molecular weight is 563 g/mol. The number of benzene rings is 2. The number of carbonyl (C=O) groups is 2. The Morgan fingerprint density at radius 1 is 0.951 bits per heavy atom. The van der Waals surface area contributed by atoms with Crippen molar-refractivity contribution >= 4 is 23.7 Å². The zero-order valence-corrected chi connectivity index (χ0v) is 23.5. The Bertz CT molecular complexity index is 1280. The molecule has 2 aromatic rings. The second kappa shape index (κ2) is 12.6. The topological polar surface area (TPSA) is 83.5 Å². The molecule has 3 heterocycles. The van der Waals surface area contributed by atoms with Crippen molar-refractivity contribution in [2.75, 3.05) is 44.2 Å². The number of hydrogen-bond acceptors (Lipinski definition) is 6. The minimum atomic E-state index is -0.432. The highest BCUT2D eigenvalue weighted by Crippen LogP contribution is 2.39. The van der Waals surface area contributed by atoms with Crippen LogP contribution < -0.4 is 19.7 Å². The summed E-state index contributed by atoms with van der Waals surface area (Å²) in [6, 6.07) is 10.4. The van der Waals surface area contributed by atoms with Crippen molar-refractivity contribution in [1.82, 2.24) is 10.2 Å². The summed E-state index contributed by atoms with van der Waals surface area (Å²) in [7, 11) is 0. The smallest absolute Gasteiger partial charge is 0.253 e. The second-order valence-electron chi connectivity index (χ2n) is 11.6. The van der Waals surface area contributed by atoms with Crippen LogP contribution in [0.15, 0.2) is 41.4 Å². The molecular formula is C32H39FN4O4. The third-order valence-corrected chi connectivity index (χ3v) is 8.69. The first-order chi connectivity index (χ1) is 20.0. The molecule has 218 valence electrons. The highest BCUT2D eigenvalue weighted by atomic mass is 19.1. The maximum absolute atomic E-state index is 14.4. The molecule has 8 nitrogen and oxygen atoms in total. The van der Waals surface area contributed by atoms with Gasteiger partial charge in [0.1, 0.15) is 29.5 Å². The van der Waals surface area contributed by atoms with E-state index in [4.69, 9.17) is 9.47 Å². The van der Waals surface area contributed by atoms with Crippen molar-refractivity contribution in [1.29, 1.82) is 0 Å². The zero-order valence-electron chi connectivity index (χ0n) is 23.5. The van der Waals surface area contributed by atoms with Crippen LogP contribution in [0.2, 0.25) is 0 Å². The summed E-state index contributed by atoms with van der Waals surface area (Å²) in [4.78, 5) is 33.7. The lowest BCUT2D eigenvalue weighted by molar-refractivity contribution is -0.118. The van der Waals surface area contributed by atoms with Crippen molar-refractivity contribution < 1.29 is 23.5 Å². The molecule has 0 bridgehead atoms. The summed E-state index contributed by atoms with van der Waals surface area (Å²) in [6.07, 6.45) is 9.95. The molecule has 2 aromatic carbocycles. The number of halogens is 1. The summed E-state index contributed by atoms with van der Waals surface area (Å²) in [5, 5.41) is 3.03. The lowest BCUT2D eigenvalue weighted by Gasteiger charge is -2.33. The average Bonchev–Trinajstić information content (AvgIpc) is 3.51. The van der Waals surface area contributed by atoms with E-state index in [0.29, 0.717) is 68.5 Å². The van der Waals surface area contributed by atoms with Gasteiger partial charge in [-0.25, -0.2) is 4.39 Å². The van der Waals surface area contributed by atoms with Gasteiger partial charge in [0.05, 0.1) is 18.8 Å². The summed E-state index contributed by atoms with van der Waals surface area (Å²) in [6.45, 7) is 3.22. The van der Waals surface area contributed by atoms with Gasteiger partial charge >= 0.3 is 0 Å². The fraction of sp³-hybridized carbons (Fsp3) is 0.531. The molecule has 0 spiro atoms. The molecule has 0 radical (unpaired) electrons. The zero-order chi connectivity index (χ0) is 28.2. The van der Waals surface area contributed by atoms with Crippen molar-refractivity contribution in [3.63, 3.8) is 0 Å². The number of ether oxygens (including phenoxy) is 2. The number of nitrogens with one attached hydrogen (secondary N) is 1. The minimum Gasteiger partial charge on any atom is -0.490 e. The first kappa shape index (κ1) is 27.7. The number of aliphatic imine (C=N–C) groups is 1. The van der Waals surface area contributed by atoms with E-state index in [0.717, 1.165) is 30.6 Å². The molecule has 3 aliphatic heterocycles. The number of hydrogen-bond donors (Lipinski definition) is 1. The van der Waals surface area contributed by atoms with Gasteiger partial charge in [0, 0.05) is 69.4 Å². The molecule has 2 saturated heterocycles. The van der Waals surface area contributed by atoms with Crippen LogP contribution in [0.1, 0.15) is 73.2 Å². The normalized spacial score (nSPS) is 22.3. The van der Waals surface area contributed by atoms with Crippen LogP contribution in [-0.4, -0.2) is 74.4 Å². The summed E-state index contributed by atoms with van der Waals surface area (Å²) >= 11 is 0. The van der Waals surface area contributed by atoms with Crippen LogP contribution in [-0.2, 0) is 4.79 Å². The standard InChI is InChI=1S/C32H39FN4O4/c33-24-17-25(37-15-12-35-21-31(37)38)19-28(18-24)40-26-9-13-36(14-10-26)32(39)23-6-7-30(41-27-8-11-34-20-27)29(16-23)22-4-2-1-3-5-22/h6-7,11,16-19,22,26-27,35H,1-5,8-10,12-15,20-21H2/t27-/m0/s1. The summed E-state index contributed by atoms with van der Waals surface area (Å²) in [5.74, 6) is 1.24. The summed E-state index contributed by atoms with van der Waals surface area (Å²) in [5.41, 5.74) is 2.38. The van der Waals surface area contributed by atoms with E-state index in [2.05, 4.69) is 16.4 Å². The molecule has 6 rings (SSSR count). The molecule has 0 aromatic heterocycles. The van der Waals surface area contributed by atoms with Crippen molar-refractivity contribution in [3.8, 4) is 11.5 Å². The number of rotatable bonds is 7. The molecule has 3 fully saturated rings. The van der Waals surface area contributed by atoms with Gasteiger partial charge in [-0.1, -0.05) is 19.3 Å². The molecule has 0 unspecified atom stereocenters. The lowest BCUT2D eigenvalue weighted by Crippen LogP contribution is -2.48. The fourth-order valence-corrected chi connectivity index (χ4v) is 6.45. The SMILES string of the molecule is O=C(c1ccc(O[C@H]2CC=NC2)c(C2CCCCC2)c1)N1CCC(Oc2cc(F)cc(N3CCNCC3=O)c2)CC1. The lowest BCUT2D eigenvalue weighted by atomic mass is 9.83. The van der Waals surface area contributed by atoms with Crippen LogP contribution in [0.25, 0.3) is 0 Å². The first-order valence-electron chi connectivity index (χ1n) is 15.1. The number of amides is 2. The molecule has 9 heteroatoms. The van der Waals surface area contributed by atoms with Crippen LogP contribution in [0.5, 0.6) is 11.5 Å². The monoisotopic (exact) mass is 562 g/mol. The van der Waals surface area contributed by atoms with Crippen LogP contribution in [0.3, 0.4) is 0 Å². The summed E-state index contributed by atoms with van der Waals surface area (Å²) < 4.78 is 26.9. The largest absolute Gasteiger partial charge is 0.490 e. The Balaban J connectivity index is 1.10. The third-order valence-electron chi connectivity index (χ3n) is 8.69. The molecular weight excluding hydrogens is 523 g/mol. The number of likely N-dealkylation sites (tertiary alicyclic amines) is 1. The Kier molecular flexibility index (Phi) is 8.51. The Morgan fingerprint density at radius 2 is 1.78 bits per heavy atom. The Morgan fingerprint density at radius 3 is 2.54 bits per heavy atom. The molecule has 2 amide bonds. The number of piperazine rings is 1. The van der Waals surface area contributed by atoms with E-state index in [-0.39, 0.29) is 30.6 Å². The molecule has 1 saturated carbocycles. The van der Waals surface area contributed by atoms with Crippen LogP contribution in [0.4, 0.5) is 10.1 Å². The predicted molar refractivity (Wildman–Crippen MR) is 156 cm³/mol. The van der Waals surface area contributed by atoms with E-state index >= 15 is 0 Å².